The van der Waals surface area contributed by atoms with Crippen LogP contribution in [0.4, 0.5) is 9.18 Å². The first-order valence-corrected chi connectivity index (χ1v) is 8.39. The predicted octanol–water partition coefficient (Wildman–Crippen LogP) is 2.40. The average molecular weight is 312 g/mol. The minimum absolute atomic E-state index is 0.140. The van der Waals surface area contributed by atoms with Crippen LogP contribution in [0.3, 0.4) is 0 Å². The average Bonchev–Trinajstić information content (AvgIpc) is 2.72. The van der Waals surface area contributed by atoms with E-state index in [1.54, 1.807) is 0 Å². The lowest BCUT2D eigenvalue weighted by Crippen LogP contribution is -2.48. The van der Waals surface area contributed by atoms with E-state index in [0.29, 0.717) is 38.9 Å². The maximum atomic E-state index is 13.6. The summed E-state index contributed by atoms with van der Waals surface area (Å²) in [6, 6.07) is -0.341. The van der Waals surface area contributed by atoms with Gasteiger partial charge in [-0.25, -0.2) is 4.79 Å². The van der Waals surface area contributed by atoms with Crippen molar-refractivity contribution < 1.29 is 18.7 Å². The maximum Gasteiger partial charge on any atom is 0.325 e. The molecule has 3 fully saturated rings. The number of amides is 3. The number of alkyl halides is 1. The van der Waals surface area contributed by atoms with Crippen molar-refractivity contribution in [1.82, 2.24) is 10.2 Å². The van der Waals surface area contributed by atoms with Gasteiger partial charge in [-0.15, -0.1) is 0 Å². The van der Waals surface area contributed by atoms with Crippen molar-refractivity contribution in [1.29, 1.82) is 0 Å². The van der Waals surface area contributed by atoms with Crippen molar-refractivity contribution in [3.05, 3.63) is 0 Å². The third-order valence-electron chi connectivity index (χ3n) is 5.53. The normalized spacial score (nSPS) is 27.8. The Bertz CT molecular complexity index is 441. The Morgan fingerprint density at radius 3 is 2.27 bits per heavy atom. The van der Waals surface area contributed by atoms with Gasteiger partial charge in [-0.3, -0.25) is 14.1 Å². The number of urea groups is 1. The molecule has 0 unspecified atom stereocenters. The van der Waals surface area contributed by atoms with Crippen LogP contribution in [-0.4, -0.2) is 48.8 Å². The first-order chi connectivity index (χ1) is 10.6. The second-order valence-corrected chi connectivity index (χ2v) is 7.06. The highest BCUT2D eigenvalue weighted by Crippen LogP contribution is 2.37. The van der Waals surface area contributed by atoms with E-state index in [-0.39, 0.29) is 18.5 Å². The van der Waals surface area contributed by atoms with Crippen LogP contribution in [0.15, 0.2) is 0 Å². The molecule has 0 aromatic carbocycles. The van der Waals surface area contributed by atoms with Crippen molar-refractivity contribution in [2.24, 2.45) is 5.41 Å². The van der Waals surface area contributed by atoms with Crippen molar-refractivity contribution in [2.75, 3.05) is 26.4 Å². The van der Waals surface area contributed by atoms with Crippen molar-refractivity contribution in [2.45, 2.75) is 56.9 Å². The molecular formula is C16H25FN2O3. The van der Waals surface area contributed by atoms with Gasteiger partial charge in [0.05, 0.1) is 6.67 Å². The van der Waals surface area contributed by atoms with E-state index in [9.17, 15) is 14.0 Å². The summed E-state index contributed by atoms with van der Waals surface area (Å²) in [5, 5.41) is 2.92. The van der Waals surface area contributed by atoms with E-state index >= 15 is 0 Å². The lowest BCUT2D eigenvalue weighted by Gasteiger charge is -2.37. The SMILES string of the molecule is O=C1NC2(CCCCCC2)C(=O)N1CC1(CF)CCOCC1. The van der Waals surface area contributed by atoms with E-state index in [1.807, 2.05) is 0 Å². The molecule has 0 aromatic rings. The Labute approximate surface area is 130 Å². The highest BCUT2D eigenvalue weighted by atomic mass is 19.1. The molecule has 2 aliphatic heterocycles. The molecule has 124 valence electrons. The van der Waals surface area contributed by atoms with Crippen LogP contribution in [0.2, 0.25) is 0 Å². The number of imide groups is 1. The Morgan fingerprint density at radius 2 is 1.68 bits per heavy atom. The molecule has 0 radical (unpaired) electrons. The monoisotopic (exact) mass is 312 g/mol. The predicted molar refractivity (Wildman–Crippen MR) is 79.1 cm³/mol. The molecule has 6 heteroatoms. The smallest absolute Gasteiger partial charge is 0.325 e. The quantitative estimate of drug-likeness (QED) is 0.814. The topological polar surface area (TPSA) is 58.6 Å². The van der Waals surface area contributed by atoms with Gasteiger partial charge in [-0.1, -0.05) is 25.7 Å². The fourth-order valence-corrected chi connectivity index (χ4v) is 3.96. The molecule has 3 aliphatic rings. The van der Waals surface area contributed by atoms with Gasteiger partial charge in [0, 0.05) is 25.2 Å². The fourth-order valence-electron chi connectivity index (χ4n) is 3.96. The molecule has 0 bridgehead atoms. The van der Waals surface area contributed by atoms with Gasteiger partial charge in [0.15, 0.2) is 0 Å². The molecule has 3 rings (SSSR count). The summed E-state index contributed by atoms with van der Waals surface area (Å²) < 4.78 is 18.9. The molecule has 22 heavy (non-hydrogen) atoms. The second kappa shape index (κ2) is 6.14. The lowest BCUT2D eigenvalue weighted by molar-refractivity contribution is -0.134. The Morgan fingerprint density at radius 1 is 1.05 bits per heavy atom. The number of carbonyl (C=O) groups is 2. The first-order valence-electron chi connectivity index (χ1n) is 8.39. The highest BCUT2D eigenvalue weighted by molar-refractivity contribution is 6.07. The van der Waals surface area contributed by atoms with Gasteiger partial charge >= 0.3 is 6.03 Å². The highest BCUT2D eigenvalue weighted by Gasteiger charge is 2.52. The summed E-state index contributed by atoms with van der Waals surface area (Å²) >= 11 is 0. The van der Waals surface area contributed by atoms with E-state index < -0.39 is 17.6 Å². The third-order valence-corrected chi connectivity index (χ3v) is 5.53. The fraction of sp³-hybridized carbons (Fsp3) is 0.875. The van der Waals surface area contributed by atoms with Crippen molar-refractivity contribution in [3.8, 4) is 0 Å². The molecule has 1 saturated carbocycles. The number of hydrogen-bond donors (Lipinski definition) is 1. The van der Waals surface area contributed by atoms with Crippen LogP contribution in [0, 0.1) is 5.41 Å². The van der Waals surface area contributed by atoms with Crippen LogP contribution >= 0.6 is 0 Å². The number of halogens is 1. The third kappa shape index (κ3) is 2.73. The van der Waals surface area contributed by atoms with Crippen LogP contribution in [0.1, 0.15) is 51.4 Å². The Kier molecular flexibility index (Phi) is 4.39. The number of rotatable bonds is 3. The summed E-state index contributed by atoms with van der Waals surface area (Å²) in [5.74, 6) is -0.140. The number of hydrogen-bond acceptors (Lipinski definition) is 3. The van der Waals surface area contributed by atoms with E-state index in [1.165, 1.54) is 4.90 Å². The van der Waals surface area contributed by atoms with Crippen molar-refractivity contribution in [3.63, 3.8) is 0 Å². The zero-order valence-corrected chi connectivity index (χ0v) is 13.0. The zero-order valence-electron chi connectivity index (χ0n) is 13.0. The van der Waals surface area contributed by atoms with Crippen LogP contribution in [0.25, 0.3) is 0 Å². The van der Waals surface area contributed by atoms with Crippen LogP contribution < -0.4 is 5.32 Å². The van der Waals surface area contributed by atoms with Crippen LogP contribution in [0.5, 0.6) is 0 Å². The largest absolute Gasteiger partial charge is 0.381 e. The molecule has 1 N–H and O–H groups in total. The lowest BCUT2D eigenvalue weighted by atomic mass is 9.80. The number of nitrogens with zero attached hydrogens (tertiary/aromatic N) is 1. The molecule has 0 aromatic heterocycles. The summed E-state index contributed by atoms with van der Waals surface area (Å²) in [4.78, 5) is 26.5. The van der Waals surface area contributed by atoms with Gasteiger partial charge in [-0.2, -0.15) is 0 Å². The molecule has 3 amide bonds. The summed E-state index contributed by atoms with van der Waals surface area (Å²) in [6.45, 7) is 0.664. The van der Waals surface area contributed by atoms with Gasteiger partial charge in [-0.05, 0) is 25.7 Å². The minimum Gasteiger partial charge on any atom is -0.381 e. The van der Waals surface area contributed by atoms with Gasteiger partial charge in [0.2, 0.25) is 0 Å². The summed E-state index contributed by atoms with van der Waals surface area (Å²) in [6.07, 6.45) is 6.68. The minimum atomic E-state index is -0.726. The van der Waals surface area contributed by atoms with E-state index in [2.05, 4.69) is 5.32 Å². The van der Waals surface area contributed by atoms with Gasteiger partial charge < -0.3 is 10.1 Å². The molecule has 1 aliphatic carbocycles. The van der Waals surface area contributed by atoms with E-state index in [4.69, 9.17) is 4.74 Å². The Hall–Kier alpha value is -1.17. The number of carbonyl (C=O) groups excluding carboxylic acids is 2. The standard InChI is InChI=1S/C16H25FN2O3/c17-11-15(7-9-22-10-8-15)12-19-13(20)16(18-14(19)21)5-3-1-2-4-6-16/h1-12H2,(H,18,21). The summed E-state index contributed by atoms with van der Waals surface area (Å²) in [7, 11) is 0. The first kappa shape index (κ1) is 15.7. The molecule has 0 atom stereocenters. The Balaban J connectivity index is 1.76. The molecule has 2 saturated heterocycles. The van der Waals surface area contributed by atoms with Crippen LogP contribution in [-0.2, 0) is 9.53 Å². The van der Waals surface area contributed by atoms with Gasteiger partial charge in [0.25, 0.3) is 5.91 Å². The number of ether oxygens (including phenoxy) is 1. The number of nitrogens with one attached hydrogen (secondary N) is 1. The molecular weight excluding hydrogens is 287 g/mol. The summed E-state index contributed by atoms with van der Waals surface area (Å²) in [5.41, 5.74) is -1.35. The van der Waals surface area contributed by atoms with Crippen molar-refractivity contribution >= 4 is 11.9 Å². The molecule has 2 heterocycles. The van der Waals surface area contributed by atoms with Gasteiger partial charge in [0.1, 0.15) is 5.54 Å². The molecule has 5 nitrogen and oxygen atoms in total. The second-order valence-electron chi connectivity index (χ2n) is 7.06. The zero-order chi connectivity index (χ0) is 15.6. The maximum absolute atomic E-state index is 13.6. The van der Waals surface area contributed by atoms with E-state index in [0.717, 1.165) is 25.7 Å². The molecule has 1 spiro atoms.